The first kappa shape index (κ1) is 34.8. The van der Waals surface area contributed by atoms with Crippen LogP contribution in [0.5, 0.6) is 11.5 Å². The van der Waals surface area contributed by atoms with Gasteiger partial charge in [0.2, 0.25) is 0 Å². The van der Waals surface area contributed by atoms with Crippen LogP contribution in [0.2, 0.25) is 0 Å². The van der Waals surface area contributed by atoms with Gasteiger partial charge in [0.25, 0.3) is 0 Å². The number of hydrogen-bond acceptors (Lipinski definition) is 4. The lowest BCUT2D eigenvalue weighted by Gasteiger charge is -2.39. The van der Waals surface area contributed by atoms with Crippen molar-refractivity contribution in [1.29, 1.82) is 0 Å². The van der Waals surface area contributed by atoms with Gasteiger partial charge in [-0.15, -0.1) is 0 Å². The Morgan fingerprint density at radius 2 is 1.30 bits per heavy atom. The lowest BCUT2D eigenvalue weighted by Crippen LogP contribution is -2.56. The molecular weight excluding hydrogens is 651 g/mol. The van der Waals surface area contributed by atoms with E-state index in [9.17, 15) is 0 Å². The molecule has 0 radical (unpaired) electrons. The van der Waals surface area contributed by atoms with Crippen molar-refractivity contribution in [3.05, 3.63) is 131 Å². The summed E-state index contributed by atoms with van der Waals surface area (Å²) in [7, 11) is 4.40. The van der Waals surface area contributed by atoms with Crippen molar-refractivity contribution in [2.24, 2.45) is 0 Å². The zero-order valence-corrected chi connectivity index (χ0v) is 32.8. The van der Waals surface area contributed by atoms with Gasteiger partial charge in [-0.2, -0.15) is 4.68 Å². The van der Waals surface area contributed by atoms with Gasteiger partial charge in [0.1, 0.15) is 23.5 Å². The van der Waals surface area contributed by atoms with Gasteiger partial charge in [-0.3, -0.25) is 0 Å². The molecule has 0 spiro atoms. The second-order valence-electron chi connectivity index (χ2n) is 16.0. The van der Waals surface area contributed by atoms with E-state index in [1.165, 1.54) is 33.3 Å². The third-order valence-electron chi connectivity index (χ3n) is 11.3. The highest BCUT2D eigenvalue weighted by molar-refractivity contribution is 6.77. The summed E-state index contributed by atoms with van der Waals surface area (Å²) >= 11 is 0. The highest BCUT2D eigenvalue weighted by Crippen LogP contribution is 2.43. The average Bonchev–Trinajstić information content (AvgIpc) is 3.82. The van der Waals surface area contributed by atoms with Gasteiger partial charge >= 0.3 is 6.98 Å². The number of nitrogens with zero attached hydrogens (tertiary/aromatic N) is 6. The quantitative estimate of drug-likeness (QED) is 0.0901. The predicted molar refractivity (Wildman–Crippen MR) is 218 cm³/mol. The number of fused-ring (bicyclic) bond motifs is 6. The van der Waals surface area contributed by atoms with Gasteiger partial charge in [0.15, 0.2) is 11.9 Å². The molecule has 0 amide bonds. The molecule has 0 saturated carbocycles. The number of imidazole rings is 1. The number of benzene rings is 4. The molecule has 7 nitrogen and oxygen atoms in total. The fourth-order valence-electron chi connectivity index (χ4n) is 8.75. The zero-order chi connectivity index (χ0) is 37.3. The lowest BCUT2D eigenvalue weighted by molar-refractivity contribution is -0.693. The van der Waals surface area contributed by atoms with Crippen LogP contribution in [-0.2, 0) is 0 Å². The summed E-state index contributed by atoms with van der Waals surface area (Å²) in [6, 6.07) is 28.4. The smallest absolute Gasteiger partial charge is 0.417 e. The van der Waals surface area contributed by atoms with Crippen molar-refractivity contribution in [2.45, 2.75) is 85.2 Å². The van der Waals surface area contributed by atoms with Crippen LogP contribution in [0.1, 0.15) is 113 Å². The first-order valence-electron chi connectivity index (χ1n) is 19.2. The lowest BCUT2D eigenvalue weighted by atomic mass is 9.58. The van der Waals surface area contributed by atoms with Gasteiger partial charge in [-0.25, -0.2) is 9.67 Å². The van der Waals surface area contributed by atoms with Crippen LogP contribution in [0.15, 0.2) is 97.5 Å². The number of hydrogen-bond donors (Lipinski definition) is 0. The maximum atomic E-state index is 6.68. The van der Waals surface area contributed by atoms with E-state index in [2.05, 4.69) is 184 Å². The Morgan fingerprint density at radius 3 is 1.92 bits per heavy atom. The van der Waals surface area contributed by atoms with Crippen molar-refractivity contribution in [2.75, 3.05) is 23.8 Å². The summed E-state index contributed by atoms with van der Waals surface area (Å²) in [6.45, 7) is 18.3. The Hall–Kier alpha value is -5.24. The van der Waals surface area contributed by atoms with Crippen LogP contribution in [0.4, 0.5) is 11.4 Å². The minimum absolute atomic E-state index is 0.00198. The van der Waals surface area contributed by atoms with E-state index in [1.54, 1.807) is 0 Å². The first-order valence-corrected chi connectivity index (χ1v) is 19.2. The second-order valence-corrected chi connectivity index (χ2v) is 16.0. The molecule has 0 saturated heterocycles. The summed E-state index contributed by atoms with van der Waals surface area (Å²) in [5, 5.41) is 0. The third kappa shape index (κ3) is 5.65. The van der Waals surface area contributed by atoms with Crippen molar-refractivity contribution >= 4 is 23.8 Å². The van der Waals surface area contributed by atoms with Crippen molar-refractivity contribution in [3.63, 3.8) is 0 Å². The summed E-state index contributed by atoms with van der Waals surface area (Å²) in [5.74, 6) is 4.09. The Kier molecular flexibility index (Phi) is 8.75. The van der Waals surface area contributed by atoms with E-state index in [4.69, 9.17) is 9.72 Å². The molecule has 6 aromatic rings. The van der Waals surface area contributed by atoms with Crippen LogP contribution < -0.4 is 24.6 Å². The van der Waals surface area contributed by atoms with Crippen LogP contribution >= 0.6 is 0 Å². The SMILES string of the molecule is CC(C)c1cccc(C(C)C)c1B1N(C)c2ccc(Oc3ccc4c(c3)-[n+]3[c-]ccn3C(c3c(C(C)C)cccc3C(C)C)N4C)cc2-c2nccn21. The Labute approximate surface area is 315 Å². The predicted octanol–water partition coefficient (Wildman–Crippen LogP) is 9.40. The molecule has 8 rings (SSSR count). The number of rotatable bonds is 8. The molecule has 8 heteroatoms. The molecule has 2 aliphatic heterocycles. The molecule has 2 aliphatic rings. The highest BCUT2D eigenvalue weighted by Gasteiger charge is 2.39. The Bertz CT molecular complexity index is 2100. The second kappa shape index (κ2) is 13.3. The Morgan fingerprint density at radius 1 is 0.717 bits per heavy atom. The van der Waals surface area contributed by atoms with Crippen LogP contribution in [0, 0.1) is 6.20 Å². The first-order chi connectivity index (χ1) is 25.5. The maximum Gasteiger partial charge on any atom is 0.417 e. The minimum atomic E-state index is -0.00848. The zero-order valence-electron chi connectivity index (χ0n) is 32.8. The molecule has 270 valence electrons. The van der Waals surface area contributed by atoms with Gasteiger partial charge in [0.05, 0.1) is 5.69 Å². The number of aromatic nitrogens is 4. The van der Waals surface area contributed by atoms with Crippen LogP contribution in [0.3, 0.4) is 0 Å². The van der Waals surface area contributed by atoms with Gasteiger partial charge in [-0.1, -0.05) is 97.9 Å². The van der Waals surface area contributed by atoms with Gasteiger partial charge in [0, 0.05) is 42.3 Å². The van der Waals surface area contributed by atoms with Crippen LogP contribution in [0.25, 0.3) is 17.1 Å². The number of ether oxygens (including phenoxy) is 1. The van der Waals surface area contributed by atoms with E-state index in [1.807, 2.05) is 12.3 Å². The fourth-order valence-corrected chi connectivity index (χ4v) is 8.75. The van der Waals surface area contributed by atoms with Crippen molar-refractivity contribution < 1.29 is 9.42 Å². The molecule has 4 heterocycles. The Balaban J connectivity index is 1.15. The molecule has 0 bridgehead atoms. The maximum absolute atomic E-state index is 6.68. The minimum Gasteiger partial charge on any atom is -0.458 e. The molecule has 1 atom stereocenters. The largest absolute Gasteiger partial charge is 0.458 e. The summed E-state index contributed by atoms with van der Waals surface area (Å²) < 4.78 is 13.4. The van der Waals surface area contributed by atoms with E-state index in [0.717, 1.165) is 39.9 Å². The number of anilines is 2. The van der Waals surface area contributed by atoms with E-state index in [0.29, 0.717) is 23.7 Å². The van der Waals surface area contributed by atoms with E-state index < -0.39 is 0 Å². The summed E-state index contributed by atoms with van der Waals surface area (Å²) in [6.07, 6.45) is 9.67. The van der Waals surface area contributed by atoms with Gasteiger partial charge in [-0.05, 0) is 95.0 Å². The van der Waals surface area contributed by atoms with Crippen molar-refractivity contribution in [1.82, 2.24) is 14.1 Å². The van der Waals surface area contributed by atoms with Crippen molar-refractivity contribution in [3.8, 4) is 28.6 Å². The molecular formula is C45H51BN6O. The fraction of sp³-hybridized carbons (Fsp3) is 0.333. The standard InChI is InChI=1S/C45H51BN6O/c1-28(2)34-14-11-15-35(29(3)4)42(34)45-48(9)40-21-19-33(27-41(40)51-23-13-24-52(45)51)53-32-18-20-39-38(26-32)44-47-22-25-50(44)46(49(39)10)43-36(30(5)6)16-12-17-37(43)31(7)8/h11-22,24-31,45H,1-10H3. The van der Waals surface area contributed by atoms with E-state index in [-0.39, 0.29) is 13.1 Å². The molecule has 1 unspecified atom stereocenters. The molecule has 0 aliphatic carbocycles. The highest BCUT2D eigenvalue weighted by atomic mass is 16.5. The molecule has 53 heavy (non-hydrogen) atoms. The topological polar surface area (TPSA) is 42.3 Å². The average molecular weight is 703 g/mol. The summed E-state index contributed by atoms with van der Waals surface area (Å²) in [4.78, 5) is 9.72. The molecule has 4 aromatic carbocycles. The van der Waals surface area contributed by atoms with Crippen LogP contribution in [-0.4, -0.2) is 35.2 Å². The monoisotopic (exact) mass is 702 g/mol. The molecule has 2 aromatic heterocycles. The molecule has 0 fully saturated rings. The normalized spacial score (nSPS) is 15.0. The van der Waals surface area contributed by atoms with E-state index >= 15 is 0 Å². The third-order valence-corrected chi connectivity index (χ3v) is 11.3. The molecule has 0 N–H and O–H groups in total. The summed E-state index contributed by atoms with van der Waals surface area (Å²) in [5.41, 5.74) is 12.6. The van der Waals surface area contributed by atoms with Gasteiger partial charge < -0.3 is 18.9 Å².